The van der Waals surface area contributed by atoms with Gasteiger partial charge in [-0.1, -0.05) is 0 Å². The third-order valence-electron chi connectivity index (χ3n) is 2.09. The van der Waals surface area contributed by atoms with E-state index in [-0.39, 0.29) is 0 Å². The zero-order valence-electron chi connectivity index (χ0n) is 12.6. The Balaban J connectivity index is 5.85. The maximum atomic E-state index is 13.5. The van der Waals surface area contributed by atoms with Gasteiger partial charge in [0.15, 0.2) is 0 Å². The fourth-order valence-electron chi connectivity index (χ4n) is 1.07. The highest BCUT2D eigenvalue weighted by Gasteiger charge is 2.74. The summed E-state index contributed by atoms with van der Waals surface area (Å²) in [6.45, 7) is 0.932. The van der Waals surface area contributed by atoms with Gasteiger partial charge in [0.2, 0.25) is 0 Å². The van der Waals surface area contributed by atoms with Crippen molar-refractivity contribution < 1.29 is 61.9 Å². The minimum absolute atomic E-state index is 0.450. The summed E-state index contributed by atoms with van der Waals surface area (Å²) >= 11 is 3.75. The molecule has 18 heteroatoms. The van der Waals surface area contributed by atoms with Crippen molar-refractivity contribution in [3.63, 3.8) is 0 Å². The second-order valence-corrected chi connectivity index (χ2v) is 8.31. The number of nitrogens with one attached hydrogen (secondary N) is 1. The fraction of sp³-hybridized carbons (Fsp3) is 1.00. The van der Waals surface area contributed by atoms with Crippen LogP contribution in [0.2, 0.25) is 0 Å². The van der Waals surface area contributed by atoms with Gasteiger partial charge in [-0.05, 0) is 25.4 Å². The second-order valence-electron chi connectivity index (χ2n) is 4.08. The molecule has 0 radical (unpaired) electrons. The molecule has 0 saturated heterocycles. The number of halogens is 9. The van der Waals surface area contributed by atoms with Crippen LogP contribution in [0.15, 0.2) is 0 Å². The lowest BCUT2D eigenvalue weighted by molar-refractivity contribution is -0.442. The zero-order valence-corrected chi connectivity index (χ0v) is 15.1. The molecule has 0 aromatic rings. The largest absolute Gasteiger partial charge is 0.449 e. The summed E-state index contributed by atoms with van der Waals surface area (Å²) in [5.74, 6) is 0. The first-order valence-corrected chi connectivity index (χ1v) is 9.52. The Labute approximate surface area is 146 Å². The first kappa shape index (κ1) is 25.8. The maximum Gasteiger partial charge on any atom is 0.449 e. The van der Waals surface area contributed by atoms with Crippen molar-refractivity contribution in [1.82, 2.24) is 4.49 Å². The number of hydrogen-bond acceptors (Lipinski definition) is 6. The first-order valence-electron chi connectivity index (χ1n) is 6.11. The average Bonchev–Trinajstić information content (AvgIpc) is 2.34. The van der Waals surface area contributed by atoms with Crippen molar-refractivity contribution in [2.24, 2.45) is 0 Å². The first-order chi connectivity index (χ1) is 11.3. The number of sulfonamides is 1. The second kappa shape index (κ2) is 8.01. The van der Waals surface area contributed by atoms with Crippen molar-refractivity contribution in [2.45, 2.75) is 36.7 Å². The van der Waals surface area contributed by atoms with Crippen LogP contribution in [0.1, 0.15) is 13.8 Å². The Hall–Kier alpha value is -0.250. The minimum Gasteiger partial charge on any atom is -0.296 e. The summed E-state index contributed by atoms with van der Waals surface area (Å²) in [6.07, 6.45) is -13.1. The molecule has 0 aromatic heterocycles. The van der Waals surface area contributed by atoms with Crippen LogP contribution < -0.4 is 4.49 Å². The van der Waals surface area contributed by atoms with Gasteiger partial charge in [-0.25, -0.2) is 17.7 Å². The molecular formula is C8H11ClF8NO6PS. The number of alkyl halides is 9. The Morgan fingerprint density at radius 1 is 0.923 bits per heavy atom. The lowest BCUT2D eigenvalue weighted by atomic mass is 10.6. The van der Waals surface area contributed by atoms with Gasteiger partial charge in [0.1, 0.15) is 0 Å². The molecule has 0 aliphatic rings. The lowest BCUT2D eigenvalue weighted by Crippen LogP contribution is -2.57. The molecule has 0 saturated carbocycles. The van der Waals surface area contributed by atoms with E-state index < -0.39 is 53.8 Å². The van der Waals surface area contributed by atoms with Gasteiger partial charge in [-0.15, -0.1) is 4.49 Å². The van der Waals surface area contributed by atoms with Crippen molar-refractivity contribution in [1.29, 1.82) is 0 Å². The third kappa shape index (κ3) is 5.62. The van der Waals surface area contributed by atoms with E-state index in [9.17, 15) is 48.1 Å². The van der Waals surface area contributed by atoms with Gasteiger partial charge in [0.25, 0.3) is 10.0 Å². The van der Waals surface area contributed by atoms with Crippen LogP contribution in [-0.2, 0) is 28.4 Å². The number of rotatable bonds is 11. The molecule has 0 heterocycles. The van der Waals surface area contributed by atoms with Gasteiger partial charge in [-0.3, -0.25) is 9.05 Å². The molecule has 0 unspecified atom stereocenters. The van der Waals surface area contributed by atoms with Gasteiger partial charge < -0.3 is 0 Å². The van der Waals surface area contributed by atoms with Crippen molar-refractivity contribution in [3.05, 3.63) is 0 Å². The van der Waals surface area contributed by atoms with E-state index in [1.54, 1.807) is 0 Å². The van der Waals surface area contributed by atoms with Crippen molar-refractivity contribution in [2.75, 3.05) is 13.2 Å². The standard InChI is InChI=1S/C8H11ClF8NO6PS/c1-3-22-25(19,23-4-2)18-26(20,21)8(16,17)7(14,15)24-6(12,13)5(9,10)11/h3-4H2,1-2H3,(H,18,19). The predicted molar refractivity (Wildman–Crippen MR) is 69.6 cm³/mol. The molecule has 26 heavy (non-hydrogen) atoms. The van der Waals surface area contributed by atoms with E-state index >= 15 is 0 Å². The number of ether oxygens (including phenoxy) is 1. The van der Waals surface area contributed by atoms with E-state index in [0.29, 0.717) is 4.49 Å². The fourth-order valence-corrected chi connectivity index (χ4v) is 4.27. The van der Waals surface area contributed by atoms with E-state index in [1.807, 2.05) is 4.74 Å². The Morgan fingerprint density at radius 3 is 1.62 bits per heavy atom. The molecule has 0 rings (SSSR count). The van der Waals surface area contributed by atoms with Crippen LogP contribution >= 0.6 is 19.3 Å². The Morgan fingerprint density at radius 2 is 1.31 bits per heavy atom. The lowest BCUT2D eigenvalue weighted by Gasteiger charge is -2.30. The quantitative estimate of drug-likeness (QED) is 0.283. The molecule has 0 amide bonds. The Kier molecular flexibility index (Phi) is 7.93. The molecule has 0 aliphatic carbocycles. The summed E-state index contributed by atoms with van der Waals surface area (Å²) in [4.78, 5) is 0. The molecular weight excluding hydrogens is 457 g/mol. The molecule has 1 N–H and O–H groups in total. The molecule has 0 spiro atoms. The molecule has 158 valence electrons. The molecule has 0 aromatic carbocycles. The topological polar surface area (TPSA) is 90.9 Å². The van der Waals surface area contributed by atoms with E-state index in [4.69, 9.17) is 0 Å². The van der Waals surface area contributed by atoms with Crippen LogP contribution in [0.5, 0.6) is 0 Å². The summed E-state index contributed by atoms with van der Waals surface area (Å²) in [7, 11) is -12.0. The van der Waals surface area contributed by atoms with Gasteiger partial charge in [0.05, 0.1) is 13.2 Å². The van der Waals surface area contributed by atoms with Crippen LogP contribution in [0, 0.1) is 0 Å². The van der Waals surface area contributed by atoms with E-state index in [1.165, 1.54) is 0 Å². The highest BCUT2D eigenvalue weighted by molar-refractivity contribution is 7.95. The summed E-state index contributed by atoms with van der Waals surface area (Å²) in [5, 5.41) is -12.5. The normalized spacial score (nSPS) is 15.3. The minimum atomic E-state index is -6.83. The monoisotopic (exact) mass is 467 g/mol. The highest BCUT2D eigenvalue weighted by Crippen LogP contribution is 2.51. The molecule has 0 aliphatic heterocycles. The van der Waals surface area contributed by atoms with E-state index in [0.717, 1.165) is 13.8 Å². The zero-order chi connectivity index (χ0) is 21.2. The third-order valence-corrected chi connectivity index (χ3v) is 6.28. The number of hydrogen-bond donors (Lipinski definition) is 1. The molecule has 7 nitrogen and oxygen atoms in total. The highest BCUT2D eigenvalue weighted by atomic mass is 35.5. The van der Waals surface area contributed by atoms with Crippen molar-refractivity contribution >= 4 is 29.4 Å². The SMILES string of the molecule is CCOP(=O)(NS(=O)(=O)C(F)(F)C(F)(F)OC(F)(F)C(F)(F)Cl)OCC. The van der Waals surface area contributed by atoms with Gasteiger partial charge in [0, 0.05) is 0 Å². The summed E-state index contributed by atoms with van der Waals surface area (Å²) in [5.41, 5.74) is 0. The van der Waals surface area contributed by atoms with Crippen LogP contribution in [0.25, 0.3) is 0 Å². The molecule has 0 atom stereocenters. The average molecular weight is 468 g/mol. The molecule has 0 bridgehead atoms. The van der Waals surface area contributed by atoms with Crippen molar-refractivity contribution in [3.8, 4) is 0 Å². The van der Waals surface area contributed by atoms with Crippen LogP contribution in [0.4, 0.5) is 35.1 Å². The van der Waals surface area contributed by atoms with Gasteiger partial charge >= 0.3 is 30.6 Å². The summed E-state index contributed by atoms with van der Waals surface area (Å²) in [6, 6.07) is 0. The smallest absolute Gasteiger partial charge is 0.296 e. The van der Waals surface area contributed by atoms with Crippen LogP contribution in [-0.4, -0.2) is 44.5 Å². The van der Waals surface area contributed by atoms with E-state index in [2.05, 4.69) is 20.6 Å². The van der Waals surface area contributed by atoms with Crippen LogP contribution in [0.3, 0.4) is 0 Å². The molecule has 0 fully saturated rings. The Bertz CT molecular complexity index is 631. The van der Waals surface area contributed by atoms with Gasteiger partial charge in [-0.2, -0.15) is 35.1 Å². The maximum absolute atomic E-state index is 13.5. The predicted octanol–water partition coefficient (Wildman–Crippen LogP) is 3.71. The summed E-state index contributed by atoms with van der Waals surface area (Å²) < 4.78 is 149.